The van der Waals surface area contributed by atoms with Crippen LogP contribution in [0.2, 0.25) is 0 Å². The monoisotopic (exact) mass is 304 g/mol. The average molecular weight is 304 g/mol. The zero-order chi connectivity index (χ0) is 15.5. The minimum atomic E-state index is -0.322. The molecule has 1 aliphatic carbocycles. The van der Waals surface area contributed by atoms with E-state index in [9.17, 15) is 5.11 Å². The summed E-state index contributed by atoms with van der Waals surface area (Å²) in [5, 5.41) is 9.99. The Balaban J connectivity index is 2.01. The number of aliphatic hydroxyl groups is 1. The van der Waals surface area contributed by atoms with Gasteiger partial charge >= 0.3 is 0 Å². The molecular weight excluding hydrogens is 272 g/mol. The zero-order valence-electron chi connectivity index (χ0n) is 13.8. The molecule has 0 heterocycles. The van der Waals surface area contributed by atoms with Crippen molar-refractivity contribution in [3.8, 4) is 0 Å². The van der Waals surface area contributed by atoms with Gasteiger partial charge in [0, 0.05) is 7.11 Å². The maximum absolute atomic E-state index is 9.99. The normalized spacial score (nSPS) is 26.4. The number of rotatable bonds is 11. The Morgan fingerprint density at radius 3 is 2.19 bits per heavy atom. The molecule has 5 nitrogen and oxygen atoms in total. The summed E-state index contributed by atoms with van der Waals surface area (Å²) in [5.41, 5.74) is 0. The van der Waals surface area contributed by atoms with E-state index in [1.54, 1.807) is 7.11 Å². The molecule has 0 radical (unpaired) electrons. The zero-order valence-corrected chi connectivity index (χ0v) is 13.8. The summed E-state index contributed by atoms with van der Waals surface area (Å²) < 4.78 is 21.4. The lowest BCUT2D eigenvalue weighted by molar-refractivity contribution is -0.0905. The van der Waals surface area contributed by atoms with Crippen LogP contribution in [0, 0.1) is 11.8 Å². The average Bonchev–Trinajstić information content (AvgIpc) is 2.47. The first-order chi connectivity index (χ1) is 10.1. The number of ether oxygens (including phenoxy) is 4. The van der Waals surface area contributed by atoms with Gasteiger partial charge in [-0.2, -0.15) is 0 Å². The minimum Gasteiger partial charge on any atom is -0.390 e. The van der Waals surface area contributed by atoms with Crippen LogP contribution in [0.1, 0.15) is 33.1 Å². The summed E-state index contributed by atoms with van der Waals surface area (Å²) in [7, 11) is 1.65. The molecule has 1 rings (SSSR count). The van der Waals surface area contributed by atoms with Crippen molar-refractivity contribution in [2.45, 2.75) is 45.3 Å². The predicted octanol–water partition coefficient (Wildman–Crippen LogP) is 1.87. The van der Waals surface area contributed by atoms with Gasteiger partial charge in [-0.1, -0.05) is 13.8 Å². The summed E-state index contributed by atoms with van der Waals surface area (Å²) in [6, 6.07) is 0. The topological polar surface area (TPSA) is 57.2 Å². The molecule has 0 spiro atoms. The number of aliphatic hydroxyl groups excluding tert-OH is 1. The molecule has 3 atom stereocenters. The standard InChI is InChI=1S/C16H32O5/c1-13(2)14-4-5-15(17)16(12-14)21-11-10-20-9-8-19-7-6-18-3/h13-17H,4-12H2,1-3H3. The van der Waals surface area contributed by atoms with Gasteiger partial charge in [0.25, 0.3) is 0 Å². The van der Waals surface area contributed by atoms with Crippen molar-refractivity contribution in [3.63, 3.8) is 0 Å². The van der Waals surface area contributed by atoms with Crippen molar-refractivity contribution in [1.82, 2.24) is 0 Å². The molecule has 0 aliphatic heterocycles. The number of hydrogen-bond donors (Lipinski definition) is 1. The second-order valence-corrected chi connectivity index (χ2v) is 6.01. The maximum atomic E-state index is 9.99. The highest BCUT2D eigenvalue weighted by Gasteiger charge is 2.31. The fraction of sp³-hybridized carbons (Fsp3) is 1.00. The smallest absolute Gasteiger partial charge is 0.0837 e. The first-order valence-corrected chi connectivity index (χ1v) is 8.09. The number of methoxy groups -OCH3 is 1. The molecule has 0 amide bonds. The molecule has 0 aromatic carbocycles. The highest BCUT2D eigenvalue weighted by Crippen LogP contribution is 2.31. The van der Waals surface area contributed by atoms with Crippen LogP contribution in [0.3, 0.4) is 0 Å². The Bertz CT molecular complexity index is 247. The molecule has 1 fully saturated rings. The lowest BCUT2D eigenvalue weighted by atomic mass is 9.79. The van der Waals surface area contributed by atoms with Crippen molar-refractivity contribution in [2.24, 2.45) is 11.8 Å². The van der Waals surface area contributed by atoms with E-state index in [1.807, 2.05) is 0 Å². The molecule has 0 saturated heterocycles. The Hall–Kier alpha value is -0.200. The fourth-order valence-corrected chi connectivity index (χ4v) is 2.65. The summed E-state index contributed by atoms with van der Waals surface area (Å²) in [6.45, 7) is 7.91. The van der Waals surface area contributed by atoms with Gasteiger partial charge < -0.3 is 24.1 Å². The Kier molecular flexibility index (Phi) is 10.2. The second kappa shape index (κ2) is 11.4. The lowest BCUT2D eigenvalue weighted by Crippen LogP contribution is -2.38. The summed E-state index contributed by atoms with van der Waals surface area (Å²) >= 11 is 0. The quantitative estimate of drug-likeness (QED) is 0.591. The SMILES string of the molecule is COCCOCCOCCOC1CC(C(C)C)CCC1O. The number of hydrogen-bond acceptors (Lipinski definition) is 5. The van der Waals surface area contributed by atoms with E-state index < -0.39 is 0 Å². The highest BCUT2D eigenvalue weighted by molar-refractivity contribution is 4.81. The van der Waals surface area contributed by atoms with Crippen LogP contribution < -0.4 is 0 Å². The molecule has 0 aromatic heterocycles. The molecule has 3 unspecified atom stereocenters. The van der Waals surface area contributed by atoms with Crippen molar-refractivity contribution >= 4 is 0 Å². The van der Waals surface area contributed by atoms with E-state index in [0.29, 0.717) is 51.5 Å². The first kappa shape index (κ1) is 18.8. The van der Waals surface area contributed by atoms with Gasteiger partial charge in [-0.05, 0) is 31.1 Å². The van der Waals surface area contributed by atoms with Gasteiger partial charge in [0.1, 0.15) is 0 Å². The van der Waals surface area contributed by atoms with E-state index in [-0.39, 0.29) is 12.2 Å². The van der Waals surface area contributed by atoms with Crippen LogP contribution in [0.25, 0.3) is 0 Å². The van der Waals surface area contributed by atoms with E-state index in [2.05, 4.69) is 13.8 Å². The molecule has 1 saturated carbocycles. The van der Waals surface area contributed by atoms with E-state index >= 15 is 0 Å². The van der Waals surface area contributed by atoms with E-state index in [0.717, 1.165) is 19.3 Å². The van der Waals surface area contributed by atoms with Gasteiger partial charge in [-0.3, -0.25) is 0 Å². The third-order valence-electron chi connectivity index (χ3n) is 4.10. The van der Waals surface area contributed by atoms with Crippen molar-refractivity contribution in [3.05, 3.63) is 0 Å². The van der Waals surface area contributed by atoms with Gasteiger partial charge in [0.05, 0.1) is 51.8 Å². The fourth-order valence-electron chi connectivity index (χ4n) is 2.65. The van der Waals surface area contributed by atoms with Crippen LogP contribution in [0.4, 0.5) is 0 Å². The van der Waals surface area contributed by atoms with Gasteiger partial charge in [0.15, 0.2) is 0 Å². The van der Waals surface area contributed by atoms with Gasteiger partial charge in [-0.25, -0.2) is 0 Å². The van der Waals surface area contributed by atoms with Crippen LogP contribution in [0.15, 0.2) is 0 Å². The molecule has 21 heavy (non-hydrogen) atoms. The van der Waals surface area contributed by atoms with Crippen molar-refractivity contribution in [1.29, 1.82) is 0 Å². The molecule has 0 bridgehead atoms. The summed E-state index contributed by atoms with van der Waals surface area (Å²) in [4.78, 5) is 0. The van der Waals surface area contributed by atoms with Gasteiger partial charge in [-0.15, -0.1) is 0 Å². The van der Waals surface area contributed by atoms with Gasteiger partial charge in [0.2, 0.25) is 0 Å². The molecular formula is C16H32O5. The van der Waals surface area contributed by atoms with E-state index in [4.69, 9.17) is 18.9 Å². The van der Waals surface area contributed by atoms with Crippen LogP contribution in [-0.4, -0.2) is 64.1 Å². The molecule has 1 N–H and O–H groups in total. The molecule has 1 aliphatic rings. The van der Waals surface area contributed by atoms with Crippen molar-refractivity contribution < 1.29 is 24.1 Å². The first-order valence-electron chi connectivity index (χ1n) is 8.09. The molecule has 5 heteroatoms. The van der Waals surface area contributed by atoms with Crippen molar-refractivity contribution in [2.75, 3.05) is 46.8 Å². The summed E-state index contributed by atoms with van der Waals surface area (Å²) in [6.07, 6.45) is 2.55. The third-order valence-corrected chi connectivity index (χ3v) is 4.10. The second-order valence-electron chi connectivity index (χ2n) is 6.01. The highest BCUT2D eigenvalue weighted by atomic mass is 16.6. The largest absolute Gasteiger partial charge is 0.390 e. The predicted molar refractivity (Wildman–Crippen MR) is 81.4 cm³/mol. The molecule has 126 valence electrons. The molecule has 0 aromatic rings. The Morgan fingerprint density at radius 1 is 0.952 bits per heavy atom. The summed E-state index contributed by atoms with van der Waals surface area (Å²) in [5.74, 6) is 1.32. The van der Waals surface area contributed by atoms with Crippen LogP contribution >= 0.6 is 0 Å². The Morgan fingerprint density at radius 2 is 1.57 bits per heavy atom. The van der Waals surface area contributed by atoms with Crippen LogP contribution in [0.5, 0.6) is 0 Å². The third kappa shape index (κ3) is 8.12. The lowest BCUT2D eigenvalue weighted by Gasteiger charge is -2.35. The minimum absolute atomic E-state index is 0.0345. The van der Waals surface area contributed by atoms with Crippen LogP contribution in [-0.2, 0) is 18.9 Å². The Labute approximate surface area is 128 Å². The van der Waals surface area contributed by atoms with E-state index in [1.165, 1.54) is 0 Å². The maximum Gasteiger partial charge on any atom is 0.0837 e.